The number of phenolic OH excluding ortho intramolecular Hbond substituents is 1. The first-order valence-electron chi connectivity index (χ1n) is 11.1. The van der Waals surface area contributed by atoms with E-state index in [2.05, 4.69) is 0 Å². The number of rotatable bonds is 4. The number of carbonyl (C=O) groups is 3. The summed E-state index contributed by atoms with van der Waals surface area (Å²) in [4.78, 5) is 42.2. The van der Waals surface area contributed by atoms with E-state index in [1.165, 1.54) is 11.0 Å². The number of aliphatic hydroxyl groups is 3. The lowest BCUT2D eigenvalue weighted by Crippen LogP contribution is -2.65. The van der Waals surface area contributed by atoms with Gasteiger partial charge in [0.25, 0.3) is 5.91 Å². The van der Waals surface area contributed by atoms with Crippen molar-refractivity contribution >= 4 is 41.3 Å². The maximum Gasteiger partial charge on any atom is 0.255 e. The smallest absolute Gasteiger partial charge is 0.255 e. The van der Waals surface area contributed by atoms with Gasteiger partial charge in [0.1, 0.15) is 22.8 Å². The van der Waals surface area contributed by atoms with Gasteiger partial charge in [0.2, 0.25) is 5.78 Å². The van der Waals surface area contributed by atoms with Crippen LogP contribution in [0.4, 0.5) is 5.69 Å². The van der Waals surface area contributed by atoms with Crippen molar-refractivity contribution in [2.24, 2.45) is 17.6 Å². The van der Waals surface area contributed by atoms with Gasteiger partial charge in [-0.2, -0.15) is 0 Å². The molecule has 3 aliphatic rings. The van der Waals surface area contributed by atoms with Crippen molar-refractivity contribution in [3.63, 3.8) is 0 Å². The minimum Gasteiger partial charge on any atom is -0.508 e. The largest absolute Gasteiger partial charge is 0.508 e. The number of nitrogens with zero attached hydrogens (tertiary/aromatic N) is 2. The third-order valence-electron chi connectivity index (χ3n) is 7.47. The summed E-state index contributed by atoms with van der Waals surface area (Å²) in [5.74, 6) is -6.52. The third kappa shape index (κ3) is 3.50. The third-order valence-corrected chi connectivity index (χ3v) is 7.47. The first-order valence-corrected chi connectivity index (χ1v) is 11.1. The number of Topliss-reactive ketones (excluding diaryl/α,β-unsaturated/α-hetero) is 2. The first kappa shape index (κ1) is 26.5. The first-order chi connectivity index (χ1) is 15.9. The van der Waals surface area contributed by atoms with Crippen molar-refractivity contribution in [2.45, 2.75) is 31.4 Å². The number of nitrogens with two attached hydrogens (primary N) is 1. The lowest BCUT2D eigenvalue weighted by atomic mass is 9.57. The van der Waals surface area contributed by atoms with Gasteiger partial charge in [-0.25, -0.2) is 0 Å². The number of ketones is 2. The van der Waals surface area contributed by atoms with E-state index in [0.29, 0.717) is 12.1 Å². The Balaban J connectivity index is 0.00000342. The van der Waals surface area contributed by atoms with Crippen molar-refractivity contribution in [1.29, 1.82) is 0 Å². The van der Waals surface area contributed by atoms with Gasteiger partial charge in [-0.15, -0.1) is 12.4 Å². The van der Waals surface area contributed by atoms with Crippen LogP contribution in [0.5, 0.6) is 5.75 Å². The van der Waals surface area contributed by atoms with Crippen molar-refractivity contribution in [2.75, 3.05) is 32.6 Å². The van der Waals surface area contributed by atoms with Crippen molar-refractivity contribution in [3.8, 4) is 5.75 Å². The van der Waals surface area contributed by atoms with E-state index in [4.69, 9.17) is 5.73 Å². The number of benzene rings is 1. The molecule has 0 aliphatic heterocycles. The highest BCUT2D eigenvalue weighted by atomic mass is 35.5. The molecule has 10 nitrogen and oxygen atoms in total. The maximum atomic E-state index is 13.7. The van der Waals surface area contributed by atoms with Crippen LogP contribution >= 0.6 is 12.4 Å². The van der Waals surface area contributed by atoms with E-state index < -0.39 is 58.0 Å². The molecule has 1 aromatic rings. The fourth-order valence-corrected chi connectivity index (χ4v) is 5.76. The molecule has 1 saturated carbocycles. The fraction of sp³-hybridized carbons (Fsp3) is 0.458. The SMILES string of the molecule is CCN(C)c1ccc(O)c2c1CC1CC3[C@H](N(C)C)C(=O)C(C(N)=O)=C(O)[C@@]3(O)C(=O)C1=C2O.Cl. The average Bonchev–Trinajstić information content (AvgIpc) is 2.75. The molecular formula is C24H30ClN3O7. The number of aliphatic hydroxyl groups excluding tert-OH is 2. The molecule has 0 aromatic heterocycles. The normalized spacial score (nSPS) is 27.8. The predicted octanol–water partition coefficient (Wildman–Crippen LogP) is 0.842. The minimum absolute atomic E-state index is 0. The molecule has 0 heterocycles. The van der Waals surface area contributed by atoms with Crippen LogP contribution in [-0.2, 0) is 20.8 Å². The molecule has 1 amide bonds. The summed E-state index contributed by atoms with van der Waals surface area (Å²) in [5.41, 5.74) is 3.23. The standard InChI is InChI=1S/C24H29N3O7.ClH/c1-5-27(4)13-6-7-14(28)16-11(13)8-10-9-12-18(26(2)3)20(30)17(23(25)33)22(32)24(12,34)21(31)15(10)19(16)29;/h6-7,10,12,18,28-29,32,34H,5,8-9H2,1-4H3,(H2,25,33);1H/t10?,12?,18-,24-;/m0./s1. The highest BCUT2D eigenvalue weighted by molar-refractivity contribution is 6.24. The summed E-state index contributed by atoms with van der Waals surface area (Å²) < 4.78 is 0. The van der Waals surface area contributed by atoms with Gasteiger partial charge >= 0.3 is 0 Å². The van der Waals surface area contributed by atoms with E-state index in [9.17, 15) is 34.8 Å². The van der Waals surface area contributed by atoms with Gasteiger partial charge in [-0.3, -0.25) is 19.3 Å². The Hall–Kier alpha value is -3.08. The molecule has 3 aliphatic carbocycles. The molecule has 2 unspecified atom stereocenters. The average molecular weight is 508 g/mol. The Morgan fingerprint density at radius 1 is 1.17 bits per heavy atom. The van der Waals surface area contributed by atoms with Crippen LogP contribution in [0.3, 0.4) is 0 Å². The molecular weight excluding hydrogens is 478 g/mol. The number of carbonyl (C=O) groups excluding carboxylic acids is 3. The second-order valence-electron chi connectivity index (χ2n) is 9.43. The number of hydrogen-bond donors (Lipinski definition) is 5. The Kier molecular flexibility index (Phi) is 6.71. The Morgan fingerprint density at radius 2 is 1.80 bits per heavy atom. The van der Waals surface area contributed by atoms with Crippen LogP contribution in [0.15, 0.2) is 29.0 Å². The van der Waals surface area contributed by atoms with Gasteiger partial charge in [-0.1, -0.05) is 0 Å². The molecule has 0 bridgehead atoms. The van der Waals surface area contributed by atoms with Gasteiger partial charge in [0.05, 0.1) is 11.6 Å². The van der Waals surface area contributed by atoms with Crippen molar-refractivity contribution in [3.05, 3.63) is 40.2 Å². The van der Waals surface area contributed by atoms with Gasteiger partial charge in [0, 0.05) is 30.8 Å². The molecule has 11 heteroatoms. The van der Waals surface area contributed by atoms with E-state index in [-0.39, 0.29) is 42.1 Å². The number of likely N-dealkylation sites (N-methyl/N-ethyl adjacent to an activating group) is 1. The van der Waals surface area contributed by atoms with Crippen molar-refractivity contribution in [1.82, 2.24) is 4.90 Å². The zero-order valence-electron chi connectivity index (χ0n) is 19.9. The summed E-state index contributed by atoms with van der Waals surface area (Å²) in [6, 6.07) is 2.06. The lowest BCUT2D eigenvalue weighted by Gasteiger charge is -2.50. The lowest BCUT2D eigenvalue weighted by molar-refractivity contribution is -0.153. The van der Waals surface area contributed by atoms with Gasteiger partial charge in [-0.05, 0) is 57.5 Å². The molecule has 0 spiro atoms. The number of halogens is 1. The summed E-state index contributed by atoms with van der Waals surface area (Å²) >= 11 is 0. The topological polar surface area (TPSA) is 165 Å². The monoisotopic (exact) mass is 507 g/mol. The molecule has 35 heavy (non-hydrogen) atoms. The molecule has 1 fully saturated rings. The predicted molar refractivity (Wildman–Crippen MR) is 130 cm³/mol. The number of phenols is 1. The van der Waals surface area contributed by atoms with Crippen LogP contribution in [-0.4, -0.2) is 82.1 Å². The highest BCUT2D eigenvalue weighted by Gasteiger charge is 2.64. The van der Waals surface area contributed by atoms with Crippen LogP contribution in [0, 0.1) is 11.8 Å². The number of fused-ring (bicyclic) bond motifs is 3. The zero-order chi connectivity index (χ0) is 25.3. The number of aromatic hydroxyl groups is 1. The summed E-state index contributed by atoms with van der Waals surface area (Å²) in [5, 5.41) is 44.1. The second-order valence-corrected chi connectivity index (χ2v) is 9.43. The molecule has 0 radical (unpaired) electrons. The van der Waals surface area contributed by atoms with E-state index >= 15 is 0 Å². The Bertz CT molecular complexity index is 1190. The highest BCUT2D eigenvalue weighted by Crippen LogP contribution is 2.53. The molecule has 190 valence electrons. The summed E-state index contributed by atoms with van der Waals surface area (Å²) in [6.07, 6.45) is 0.333. The van der Waals surface area contributed by atoms with Crippen LogP contribution in [0.25, 0.3) is 5.76 Å². The molecule has 4 rings (SSSR count). The Labute approximate surface area is 208 Å². The number of amides is 1. The summed E-state index contributed by atoms with van der Waals surface area (Å²) in [6.45, 7) is 2.61. The van der Waals surface area contributed by atoms with Crippen LogP contribution < -0.4 is 10.6 Å². The maximum absolute atomic E-state index is 13.7. The summed E-state index contributed by atoms with van der Waals surface area (Å²) in [7, 11) is 5.00. The fourth-order valence-electron chi connectivity index (χ4n) is 5.76. The molecule has 0 saturated heterocycles. The second kappa shape index (κ2) is 8.85. The van der Waals surface area contributed by atoms with E-state index in [1.807, 2.05) is 18.9 Å². The quantitative estimate of drug-likeness (QED) is 0.371. The van der Waals surface area contributed by atoms with E-state index in [1.54, 1.807) is 20.2 Å². The zero-order valence-corrected chi connectivity index (χ0v) is 20.7. The van der Waals surface area contributed by atoms with Crippen LogP contribution in [0.1, 0.15) is 24.5 Å². The number of hydrogen-bond acceptors (Lipinski definition) is 9. The van der Waals surface area contributed by atoms with Gasteiger partial charge < -0.3 is 31.1 Å². The van der Waals surface area contributed by atoms with Crippen LogP contribution in [0.2, 0.25) is 0 Å². The number of primary amides is 1. The number of anilines is 1. The van der Waals surface area contributed by atoms with E-state index in [0.717, 1.165) is 5.69 Å². The molecule has 4 atom stereocenters. The Morgan fingerprint density at radius 3 is 2.34 bits per heavy atom. The van der Waals surface area contributed by atoms with Crippen molar-refractivity contribution < 1.29 is 34.8 Å². The van der Waals surface area contributed by atoms with Gasteiger partial charge in [0.15, 0.2) is 11.4 Å². The molecule has 1 aromatic carbocycles. The minimum atomic E-state index is -2.63. The molecule has 6 N–H and O–H groups in total.